The third-order valence-electron chi connectivity index (χ3n) is 9.59. The van der Waals surface area contributed by atoms with Gasteiger partial charge in [-0.05, 0) is 51.4 Å². The number of nitrogens with zero attached hydrogens (tertiary/aromatic N) is 2. The number of hydrogen-bond acceptors (Lipinski definition) is 10. The molecular weight excluding hydrogens is 612 g/mol. The molecule has 0 amide bonds. The minimum absolute atomic E-state index is 0.0272. The minimum Gasteiger partial charge on any atom is -0.463 e. The Morgan fingerprint density at radius 2 is 1.60 bits per heavy atom. The molecule has 260 valence electrons. The van der Waals surface area contributed by atoms with Crippen LogP contribution in [0.5, 0.6) is 0 Å². The average Bonchev–Trinajstić information content (AvgIpc) is 3.78. The molecule has 3 atom stereocenters. The van der Waals surface area contributed by atoms with Gasteiger partial charge in [0.15, 0.2) is 0 Å². The Bertz CT molecular complexity index is 1550. The maximum atomic E-state index is 12.6. The number of aromatic nitrogens is 4. The van der Waals surface area contributed by atoms with Gasteiger partial charge in [-0.3, -0.25) is 33.7 Å². The van der Waals surface area contributed by atoms with Crippen molar-refractivity contribution in [3.05, 3.63) is 66.2 Å². The summed E-state index contributed by atoms with van der Waals surface area (Å²) in [6.45, 7) is 2.84. The van der Waals surface area contributed by atoms with Gasteiger partial charge in [0.1, 0.15) is 19.4 Å². The first kappa shape index (κ1) is 36.1. The Morgan fingerprint density at radius 1 is 0.915 bits per heavy atom. The first-order chi connectivity index (χ1) is 22.6. The molecule has 3 fully saturated rings. The van der Waals surface area contributed by atoms with E-state index in [2.05, 4.69) is 16.9 Å². The smallest absolute Gasteiger partial charge is 0.330 e. The fraction of sp³-hybridized carbons (Fsp3) is 0.697. The highest BCUT2D eigenvalue weighted by Crippen LogP contribution is 2.40. The fourth-order valence-corrected chi connectivity index (χ4v) is 6.55. The van der Waals surface area contributed by atoms with Crippen molar-refractivity contribution >= 4 is 11.9 Å². The number of aryl methyl sites for hydroxylation is 1. The van der Waals surface area contributed by atoms with Gasteiger partial charge in [-0.25, -0.2) is 9.59 Å². The molecule has 1 saturated heterocycles. The van der Waals surface area contributed by atoms with Crippen molar-refractivity contribution in [2.24, 2.45) is 11.3 Å². The molecule has 2 aromatic heterocycles. The first-order valence-corrected chi connectivity index (χ1v) is 16.8. The van der Waals surface area contributed by atoms with Gasteiger partial charge < -0.3 is 23.5 Å². The summed E-state index contributed by atoms with van der Waals surface area (Å²) in [7, 11) is 1.55. The molecule has 2 aromatic rings. The first-order valence-electron chi connectivity index (χ1n) is 16.8. The molecule has 14 heteroatoms. The molecule has 0 bridgehead atoms. The summed E-state index contributed by atoms with van der Waals surface area (Å²) in [5, 5.41) is 0. The van der Waals surface area contributed by atoms with Crippen molar-refractivity contribution in [2.45, 2.75) is 115 Å². The third-order valence-corrected chi connectivity index (χ3v) is 9.59. The molecule has 0 aromatic carbocycles. The summed E-state index contributed by atoms with van der Waals surface area (Å²) in [5.41, 5.74) is -2.11. The average molecular weight is 661 g/mol. The van der Waals surface area contributed by atoms with Crippen LogP contribution in [0.4, 0.5) is 0 Å². The van der Waals surface area contributed by atoms with Gasteiger partial charge in [0.2, 0.25) is 0 Å². The molecule has 2 aliphatic carbocycles. The summed E-state index contributed by atoms with van der Waals surface area (Å²) in [4.78, 5) is 74.4. The van der Waals surface area contributed by atoms with Crippen LogP contribution in [0.2, 0.25) is 0 Å². The highest BCUT2D eigenvalue weighted by Gasteiger charge is 2.40. The summed E-state index contributed by atoms with van der Waals surface area (Å²) < 4.78 is 24.8. The van der Waals surface area contributed by atoms with E-state index in [1.165, 1.54) is 40.1 Å². The quantitative estimate of drug-likeness (QED) is 0.321. The standard InChI is InChI=1S/C18H26N2O5.C15H22N2O5/c1-2-18(9-4-3-5-10-18)16(22)24-12-13-6-7-15(25-13)20-11-8-14(21)19-17(20)23;1-21-12(10-22-14(19)11-4-2-3-5-11)6-8-17-9-7-13(18)16-15(17)20/h8,11,13,15H,2-7,9-10,12H2,1H3,(H,19,21,23);7,9,11-12H,2-6,8,10H2,1H3,(H,16,18,20). The number of esters is 2. The van der Waals surface area contributed by atoms with Gasteiger partial charge in [-0.15, -0.1) is 0 Å². The lowest BCUT2D eigenvalue weighted by Crippen LogP contribution is -2.36. The Kier molecular flexibility index (Phi) is 13.3. The van der Waals surface area contributed by atoms with Crippen molar-refractivity contribution in [2.75, 3.05) is 20.3 Å². The van der Waals surface area contributed by atoms with E-state index < -0.39 is 28.7 Å². The van der Waals surface area contributed by atoms with E-state index in [1.807, 2.05) is 0 Å². The predicted octanol–water partition coefficient (Wildman–Crippen LogP) is 2.79. The Morgan fingerprint density at radius 3 is 2.23 bits per heavy atom. The maximum absolute atomic E-state index is 12.6. The molecule has 3 unspecified atom stereocenters. The third kappa shape index (κ3) is 10.1. The Hall–Kier alpha value is -3.78. The van der Waals surface area contributed by atoms with Crippen molar-refractivity contribution in [1.29, 1.82) is 0 Å². The zero-order chi connectivity index (χ0) is 33.8. The number of methoxy groups -OCH3 is 1. The summed E-state index contributed by atoms with van der Waals surface area (Å²) in [6, 6.07) is 2.59. The molecule has 3 heterocycles. The summed E-state index contributed by atoms with van der Waals surface area (Å²) in [5.74, 6) is -0.233. The van der Waals surface area contributed by atoms with Crippen LogP contribution in [0.1, 0.15) is 96.6 Å². The van der Waals surface area contributed by atoms with Crippen LogP contribution in [0, 0.1) is 11.3 Å². The largest absolute Gasteiger partial charge is 0.463 e. The second kappa shape index (κ2) is 17.4. The number of aromatic amines is 2. The molecule has 1 aliphatic heterocycles. The lowest BCUT2D eigenvalue weighted by molar-refractivity contribution is -0.163. The molecular formula is C33H48N4O10. The Balaban J connectivity index is 0.000000215. The van der Waals surface area contributed by atoms with Crippen molar-refractivity contribution < 1.29 is 28.5 Å². The van der Waals surface area contributed by atoms with Crippen LogP contribution in [0.25, 0.3) is 0 Å². The second-order valence-corrected chi connectivity index (χ2v) is 12.7. The zero-order valence-corrected chi connectivity index (χ0v) is 27.4. The summed E-state index contributed by atoms with van der Waals surface area (Å²) in [6.07, 6.45) is 13.8. The van der Waals surface area contributed by atoms with Crippen LogP contribution >= 0.6 is 0 Å². The highest BCUT2D eigenvalue weighted by atomic mass is 16.6. The van der Waals surface area contributed by atoms with Crippen molar-refractivity contribution in [3.8, 4) is 0 Å². The Labute approximate surface area is 272 Å². The van der Waals surface area contributed by atoms with Gasteiger partial charge in [0, 0.05) is 38.2 Å². The van der Waals surface area contributed by atoms with E-state index >= 15 is 0 Å². The minimum atomic E-state index is -0.484. The molecule has 3 aliphatic rings. The lowest BCUT2D eigenvalue weighted by atomic mass is 9.72. The molecule has 47 heavy (non-hydrogen) atoms. The van der Waals surface area contributed by atoms with E-state index in [0.29, 0.717) is 25.8 Å². The number of nitrogens with one attached hydrogen (secondary N) is 2. The van der Waals surface area contributed by atoms with Crippen LogP contribution < -0.4 is 22.5 Å². The fourth-order valence-electron chi connectivity index (χ4n) is 6.55. The maximum Gasteiger partial charge on any atom is 0.330 e. The number of hydrogen-bond donors (Lipinski definition) is 2. The number of carbonyl (C=O) groups is 2. The SMILES string of the molecule is CCC1(C(=O)OCC2CCC(n3ccc(=O)[nH]c3=O)O2)CCCCC1.COC(CCn1ccc(=O)[nH]c1=O)COC(=O)C1CCCC1. The van der Waals surface area contributed by atoms with E-state index in [-0.39, 0.29) is 48.7 Å². The van der Waals surface area contributed by atoms with Crippen LogP contribution in [-0.2, 0) is 35.1 Å². The van der Waals surface area contributed by atoms with E-state index in [1.54, 1.807) is 7.11 Å². The molecule has 5 rings (SSSR count). The number of carbonyl (C=O) groups excluding carboxylic acids is 2. The highest BCUT2D eigenvalue weighted by molar-refractivity contribution is 5.77. The molecule has 0 spiro atoms. The topological polar surface area (TPSA) is 181 Å². The van der Waals surface area contributed by atoms with Gasteiger partial charge >= 0.3 is 23.3 Å². The van der Waals surface area contributed by atoms with Gasteiger partial charge in [0.25, 0.3) is 11.1 Å². The lowest BCUT2D eigenvalue weighted by Gasteiger charge is -2.34. The summed E-state index contributed by atoms with van der Waals surface area (Å²) >= 11 is 0. The molecule has 14 nitrogen and oxygen atoms in total. The van der Waals surface area contributed by atoms with Crippen LogP contribution in [-0.4, -0.2) is 63.6 Å². The number of rotatable bonds is 12. The molecule has 2 N–H and O–H groups in total. The van der Waals surface area contributed by atoms with Crippen molar-refractivity contribution in [1.82, 2.24) is 19.1 Å². The zero-order valence-electron chi connectivity index (χ0n) is 27.4. The van der Waals surface area contributed by atoms with Crippen LogP contribution in [0.15, 0.2) is 43.7 Å². The van der Waals surface area contributed by atoms with Crippen LogP contribution in [0.3, 0.4) is 0 Å². The molecule has 2 saturated carbocycles. The predicted molar refractivity (Wildman–Crippen MR) is 171 cm³/mol. The van der Waals surface area contributed by atoms with Gasteiger partial charge in [-0.2, -0.15) is 0 Å². The van der Waals surface area contributed by atoms with E-state index in [4.69, 9.17) is 18.9 Å². The van der Waals surface area contributed by atoms with E-state index in [9.17, 15) is 28.8 Å². The monoisotopic (exact) mass is 660 g/mol. The number of H-pyrrole nitrogens is 2. The normalized spacial score (nSPS) is 21.4. The van der Waals surface area contributed by atoms with Crippen molar-refractivity contribution in [3.63, 3.8) is 0 Å². The number of ether oxygens (including phenoxy) is 4. The van der Waals surface area contributed by atoms with Gasteiger partial charge in [0.05, 0.1) is 23.5 Å². The van der Waals surface area contributed by atoms with Gasteiger partial charge in [-0.1, -0.05) is 39.0 Å². The molecule has 0 radical (unpaired) electrons. The van der Waals surface area contributed by atoms with E-state index in [0.717, 1.165) is 57.8 Å². The second-order valence-electron chi connectivity index (χ2n) is 12.7.